The second-order valence-corrected chi connectivity index (χ2v) is 9.76. The fourth-order valence-electron chi connectivity index (χ4n) is 4.59. The van der Waals surface area contributed by atoms with Crippen molar-refractivity contribution in [3.63, 3.8) is 0 Å². The van der Waals surface area contributed by atoms with Crippen molar-refractivity contribution in [3.05, 3.63) is 93.4 Å². The van der Waals surface area contributed by atoms with E-state index < -0.39 is 6.04 Å². The molecule has 1 N–H and O–H groups in total. The fourth-order valence-corrected chi connectivity index (χ4v) is 5.25. The van der Waals surface area contributed by atoms with Gasteiger partial charge < -0.3 is 4.90 Å². The fraction of sp³-hybridized carbons (Fsp3) is 0.222. The minimum absolute atomic E-state index is 0.0983. The molecule has 34 heavy (non-hydrogen) atoms. The topological polar surface area (TPSA) is 69.3 Å². The van der Waals surface area contributed by atoms with Gasteiger partial charge in [-0.25, -0.2) is 0 Å². The number of aromatic nitrogens is 2. The molecule has 0 spiro atoms. The maximum Gasteiger partial charge on any atom is 0.277 e. The van der Waals surface area contributed by atoms with Crippen LogP contribution in [0.25, 0.3) is 11.1 Å². The number of rotatable bonds is 5. The lowest BCUT2D eigenvalue weighted by atomic mass is 9.91. The van der Waals surface area contributed by atoms with Gasteiger partial charge in [0.1, 0.15) is 5.69 Å². The van der Waals surface area contributed by atoms with Crippen LogP contribution in [0.2, 0.25) is 0 Å². The molecule has 2 aromatic carbocycles. The third-order valence-corrected chi connectivity index (χ3v) is 6.92. The molecule has 4 aromatic rings. The van der Waals surface area contributed by atoms with Crippen molar-refractivity contribution in [2.45, 2.75) is 25.8 Å². The molecule has 0 saturated heterocycles. The molecule has 0 aliphatic carbocycles. The summed E-state index contributed by atoms with van der Waals surface area (Å²) in [4.78, 5) is 30.1. The van der Waals surface area contributed by atoms with Crippen LogP contribution in [-0.4, -0.2) is 41.0 Å². The van der Waals surface area contributed by atoms with Gasteiger partial charge in [0.05, 0.1) is 11.7 Å². The molecule has 1 atom stereocenters. The molecule has 1 aliphatic heterocycles. The third-order valence-electron chi connectivity index (χ3n) is 6.24. The minimum Gasteiger partial charge on any atom is -0.345 e. The molecule has 0 radical (unpaired) electrons. The molecule has 1 aliphatic rings. The lowest BCUT2D eigenvalue weighted by molar-refractivity contribution is 0.0825. The van der Waals surface area contributed by atoms with E-state index in [0.717, 1.165) is 33.6 Å². The van der Waals surface area contributed by atoms with E-state index in [4.69, 9.17) is 0 Å². The zero-order valence-electron chi connectivity index (χ0n) is 19.6. The van der Waals surface area contributed by atoms with E-state index >= 15 is 0 Å². The van der Waals surface area contributed by atoms with Gasteiger partial charge in [-0.2, -0.15) is 16.4 Å². The molecule has 5 rings (SSSR count). The lowest BCUT2D eigenvalue weighted by Crippen LogP contribution is -2.32. The molecule has 0 bridgehead atoms. The smallest absolute Gasteiger partial charge is 0.277 e. The predicted octanol–water partition coefficient (Wildman–Crippen LogP) is 5.71. The average molecular weight is 471 g/mol. The van der Waals surface area contributed by atoms with Gasteiger partial charge in [-0.05, 0) is 57.6 Å². The van der Waals surface area contributed by atoms with Crippen molar-refractivity contribution in [1.29, 1.82) is 0 Å². The standard InChI is InChI=1S/C27H26N4O2S/c1-16(2)23-22-24(29-28-23)27(33)31(19-11-9-17(10-12-19)18-13-14-34-15-18)25(22)20-7-5-6-8-21(20)26(32)30(3)4/h5-16,25H,1-4H3,(H,28,29). The second-order valence-electron chi connectivity index (χ2n) is 8.98. The SMILES string of the molecule is CC(C)c1n[nH]c2c1C(c1ccccc1C(=O)N(C)C)N(c1ccc(-c3ccsc3)cc1)C2=O. The first-order chi connectivity index (χ1) is 16.4. The van der Waals surface area contributed by atoms with Crippen LogP contribution in [0.15, 0.2) is 65.4 Å². The third kappa shape index (κ3) is 3.53. The Morgan fingerprint density at radius 1 is 1.06 bits per heavy atom. The summed E-state index contributed by atoms with van der Waals surface area (Å²) in [5, 5.41) is 11.6. The Labute approximate surface area is 202 Å². The molecule has 1 unspecified atom stereocenters. The minimum atomic E-state index is -0.453. The molecule has 3 heterocycles. The highest BCUT2D eigenvalue weighted by molar-refractivity contribution is 7.08. The van der Waals surface area contributed by atoms with Crippen LogP contribution < -0.4 is 4.90 Å². The van der Waals surface area contributed by atoms with Crippen molar-refractivity contribution in [1.82, 2.24) is 15.1 Å². The summed E-state index contributed by atoms with van der Waals surface area (Å²) in [5.41, 5.74) is 6.58. The van der Waals surface area contributed by atoms with Crippen LogP contribution in [0.1, 0.15) is 63.5 Å². The Hall–Kier alpha value is -3.71. The van der Waals surface area contributed by atoms with E-state index in [1.165, 1.54) is 0 Å². The molecule has 6 nitrogen and oxygen atoms in total. The van der Waals surface area contributed by atoms with E-state index in [-0.39, 0.29) is 17.7 Å². The van der Waals surface area contributed by atoms with E-state index in [9.17, 15) is 9.59 Å². The molecule has 7 heteroatoms. The quantitative estimate of drug-likeness (QED) is 0.406. The number of nitrogens with zero attached hydrogens (tertiary/aromatic N) is 3. The Balaban J connectivity index is 1.68. The highest BCUT2D eigenvalue weighted by Crippen LogP contribution is 2.45. The van der Waals surface area contributed by atoms with Crippen LogP contribution in [0.5, 0.6) is 0 Å². The van der Waals surface area contributed by atoms with Gasteiger partial charge in [-0.3, -0.25) is 19.6 Å². The van der Waals surface area contributed by atoms with Gasteiger partial charge in [-0.15, -0.1) is 0 Å². The van der Waals surface area contributed by atoms with Crippen molar-refractivity contribution < 1.29 is 9.59 Å². The zero-order chi connectivity index (χ0) is 24.0. The molecule has 172 valence electrons. The summed E-state index contributed by atoms with van der Waals surface area (Å²) in [7, 11) is 3.48. The number of aromatic amines is 1. The zero-order valence-corrected chi connectivity index (χ0v) is 20.4. The number of benzene rings is 2. The van der Waals surface area contributed by atoms with Crippen molar-refractivity contribution in [2.75, 3.05) is 19.0 Å². The number of H-pyrrole nitrogens is 1. The number of amides is 2. The summed E-state index contributed by atoms with van der Waals surface area (Å²) in [5.74, 6) is -0.124. The van der Waals surface area contributed by atoms with Gasteiger partial charge in [0.2, 0.25) is 0 Å². The van der Waals surface area contributed by atoms with Crippen molar-refractivity contribution in [3.8, 4) is 11.1 Å². The first-order valence-corrected chi connectivity index (χ1v) is 12.2. The van der Waals surface area contributed by atoms with Gasteiger partial charge >= 0.3 is 0 Å². The number of anilines is 1. The van der Waals surface area contributed by atoms with Gasteiger partial charge in [-0.1, -0.05) is 44.2 Å². The Kier molecular flexibility index (Phi) is 5.57. The van der Waals surface area contributed by atoms with E-state index in [1.807, 2.05) is 48.5 Å². The maximum atomic E-state index is 13.7. The molecular weight excluding hydrogens is 444 g/mol. The number of carbonyl (C=O) groups is 2. The Bertz CT molecular complexity index is 1350. The average Bonchev–Trinajstić information content (AvgIpc) is 3.57. The number of hydrogen-bond donors (Lipinski definition) is 1. The Morgan fingerprint density at radius 2 is 1.79 bits per heavy atom. The second kappa shape index (κ2) is 8.57. The molecule has 2 aromatic heterocycles. The first kappa shape index (κ1) is 22.1. The van der Waals surface area contributed by atoms with E-state index in [0.29, 0.717) is 11.3 Å². The van der Waals surface area contributed by atoms with Crippen LogP contribution in [0.4, 0.5) is 5.69 Å². The van der Waals surface area contributed by atoms with Crippen LogP contribution in [0.3, 0.4) is 0 Å². The summed E-state index contributed by atoms with van der Waals surface area (Å²) < 4.78 is 0. The van der Waals surface area contributed by atoms with Crippen molar-refractivity contribution >= 4 is 28.8 Å². The molecular formula is C27H26N4O2S. The number of nitrogens with one attached hydrogen (secondary N) is 1. The van der Waals surface area contributed by atoms with Crippen LogP contribution >= 0.6 is 11.3 Å². The number of fused-ring (bicyclic) bond motifs is 1. The van der Waals surface area contributed by atoms with Gasteiger partial charge in [0, 0.05) is 30.9 Å². The summed E-state index contributed by atoms with van der Waals surface area (Å²) >= 11 is 1.65. The summed E-state index contributed by atoms with van der Waals surface area (Å²) in [6.45, 7) is 4.13. The van der Waals surface area contributed by atoms with Gasteiger partial charge in [0.15, 0.2) is 0 Å². The lowest BCUT2D eigenvalue weighted by Gasteiger charge is -2.28. The van der Waals surface area contributed by atoms with Crippen molar-refractivity contribution in [2.24, 2.45) is 0 Å². The monoisotopic (exact) mass is 470 g/mol. The van der Waals surface area contributed by atoms with Gasteiger partial charge in [0.25, 0.3) is 11.8 Å². The molecule has 0 fully saturated rings. The maximum absolute atomic E-state index is 13.7. The first-order valence-electron chi connectivity index (χ1n) is 11.2. The predicted molar refractivity (Wildman–Crippen MR) is 136 cm³/mol. The van der Waals surface area contributed by atoms with Crippen LogP contribution in [-0.2, 0) is 0 Å². The van der Waals surface area contributed by atoms with Crippen LogP contribution in [0, 0.1) is 0 Å². The molecule has 2 amide bonds. The van der Waals surface area contributed by atoms with E-state index in [2.05, 4.69) is 40.9 Å². The number of thiophene rings is 1. The summed E-state index contributed by atoms with van der Waals surface area (Å²) in [6, 6.07) is 17.2. The van der Waals surface area contributed by atoms with E-state index in [1.54, 1.807) is 35.2 Å². The normalized spacial score (nSPS) is 15.1. The highest BCUT2D eigenvalue weighted by Gasteiger charge is 2.44. The summed E-state index contributed by atoms with van der Waals surface area (Å²) in [6.07, 6.45) is 0. The Morgan fingerprint density at radius 3 is 2.44 bits per heavy atom. The number of hydrogen-bond acceptors (Lipinski definition) is 4. The molecule has 0 saturated carbocycles. The highest BCUT2D eigenvalue weighted by atomic mass is 32.1. The largest absolute Gasteiger partial charge is 0.345 e. The number of carbonyl (C=O) groups excluding carboxylic acids is 2.